The maximum atomic E-state index is 11.9. The van der Waals surface area contributed by atoms with Crippen molar-refractivity contribution in [3.05, 3.63) is 47.3 Å². The summed E-state index contributed by atoms with van der Waals surface area (Å²) < 4.78 is 4.90. The number of para-hydroxylation sites is 1. The Bertz CT molecular complexity index is 564. The Labute approximate surface area is 110 Å². The van der Waals surface area contributed by atoms with Crippen molar-refractivity contribution in [2.75, 3.05) is 5.32 Å². The molecular weight excluding hydrogens is 252 g/mol. The van der Waals surface area contributed by atoms with Crippen LogP contribution in [0, 0.1) is 6.92 Å². The highest BCUT2D eigenvalue weighted by Gasteiger charge is 2.14. The fraction of sp³-hybridized carbons (Fsp3) is 0.231. The molecular formula is C13H13ClN2O2. The van der Waals surface area contributed by atoms with Gasteiger partial charge in [-0.1, -0.05) is 23.4 Å². The Kier molecular flexibility index (Phi) is 3.67. The molecule has 0 bridgehead atoms. The van der Waals surface area contributed by atoms with E-state index in [4.69, 9.17) is 16.1 Å². The summed E-state index contributed by atoms with van der Waals surface area (Å²) >= 11 is 6.05. The number of halogens is 1. The largest absolute Gasteiger partial charge is 0.351 e. The molecule has 18 heavy (non-hydrogen) atoms. The molecule has 1 heterocycles. The number of nitrogens with zero attached hydrogens (tertiary/aromatic N) is 1. The molecule has 0 fully saturated rings. The number of anilines is 1. The van der Waals surface area contributed by atoms with Crippen LogP contribution in [0.5, 0.6) is 0 Å². The van der Waals surface area contributed by atoms with Crippen LogP contribution in [0.3, 0.4) is 0 Å². The Morgan fingerprint density at radius 2 is 2.17 bits per heavy atom. The lowest BCUT2D eigenvalue weighted by Gasteiger charge is -2.11. The number of aromatic nitrogens is 1. The van der Waals surface area contributed by atoms with E-state index in [1.54, 1.807) is 19.1 Å². The maximum Gasteiger partial charge on any atom is 0.294 e. The summed E-state index contributed by atoms with van der Waals surface area (Å²) in [5.74, 6) is -0.148. The van der Waals surface area contributed by atoms with Crippen molar-refractivity contribution in [3.63, 3.8) is 0 Å². The van der Waals surface area contributed by atoms with Gasteiger partial charge in [0.2, 0.25) is 5.76 Å². The number of hydrogen-bond donors (Lipinski definition) is 1. The summed E-state index contributed by atoms with van der Waals surface area (Å²) in [6, 6.07) is 8.98. The molecule has 94 valence electrons. The minimum atomic E-state index is -0.333. The van der Waals surface area contributed by atoms with Crippen molar-refractivity contribution in [2.45, 2.75) is 19.2 Å². The number of carbonyl (C=O) groups excluding carboxylic acids is 1. The van der Waals surface area contributed by atoms with E-state index in [-0.39, 0.29) is 17.0 Å². The second-order valence-electron chi connectivity index (χ2n) is 3.99. The number of benzene rings is 1. The Hall–Kier alpha value is -1.81. The molecule has 4 nitrogen and oxygen atoms in total. The van der Waals surface area contributed by atoms with Gasteiger partial charge >= 0.3 is 0 Å². The van der Waals surface area contributed by atoms with E-state index in [1.807, 2.05) is 25.1 Å². The van der Waals surface area contributed by atoms with Crippen molar-refractivity contribution >= 4 is 23.2 Å². The smallest absolute Gasteiger partial charge is 0.294 e. The fourth-order valence-corrected chi connectivity index (χ4v) is 1.80. The van der Waals surface area contributed by atoms with Gasteiger partial charge in [-0.2, -0.15) is 0 Å². The number of nitrogens with one attached hydrogen (secondary N) is 1. The normalized spacial score (nSPS) is 12.2. The highest BCUT2D eigenvalue weighted by atomic mass is 35.5. The highest BCUT2D eigenvalue weighted by Crippen LogP contribution is 2.27. The predicted molar refractivity (Wildman–Crippen MR) is 69.9 cm³/mol. The number of aryl methyl sites for hydroxylation is 1. The molecule has 0 aliphatic rings. The maximum absolute atomic E-state index is 11.9. The zero-order valence-electron chi connectivity index (χ0n) is 10.1. The van der Waals surface area contributed by atoms with Crippen LogP contribution in [0.1, 0.15) is 34.1 Å². The molecule has 1 N–H and O–H groups in total. The van der Waals surface area contributed by atoms with Gasteiger partial charge in [0.1, 0.15) is 0 Å². The van der Waals surface area contributed by atoms with Gasteiger partial charge in [0.15, 0.2) is 0 Å². The molecule has 1 aromatic heterocycles. The summed E-state index contributed by atoms with van der Waals surface area (Å²) in [5.41, 5.74) is 2.21. The quantitative estimate of drug-likeness (QED) is 0.863. The summed E-state index contributed by atoms with van der Waals surface area (Å²) in [5, 5.41) is 6.26. The lowest BCUT2D eigenvalue weighted by Crippen LogP contribution is -2.12. The monoisotopic (exact) mass is 264 g/mol. The molecule has 0 saturated heterocycles. The first-order valence-corrected chi connectivity index (χ1v) is 5.99. The van der Waals surface area contributed by atoms with Crippen molar-refractivity contribution < 1.29 is 9.32 Å². The molecule has 5 heteroatoms. The Balaban J connectivity index is 2.22. The zero-order chi connectivity index (χ0) is 13.1. The first-order chi connectivity index (χ1) is 8.58. The van der Waals surface area contributed by atoms with Gasteiger partial charge in [0.05, 0.1) is 11.1 Å². The van der Waals surface area contributed by atoms with Crippen molar-refractivity contribution in [3.8, 4) is 0 Å². The van der Waals surface area contributed by atoms with Crippen molar-refractivity contribution in [1.82, 2.24) is 5.16 Å². The van der Waals surface area contributed by atoms with Crippen molar-refractivity contribution in [2.24, 2.45) is 0 Å². The number of amides is 1. The van der Waals surface area contributed by atoms with Crippen LogP contribution in [-0.4, -0.2) is 11.1 Å². The van der Waals surface area contributed by atoms with Crippen LogP contribution in [0.2, 0.25) is 0 Å². The first-order valence-electron chi connectivity index (χ1n) is 5.55. The summed E-state index contributed by atoms with van der Waals surface area (Å²) in [6.07, 6.45) is 0. The third-order valence-corrected chi connectivity index (χ3v) is 2.72. The van der Waals surface area contributed by atoms with Crippen LogP contribution in [0.15, 0.2) is 34.9 Å². The predicted octanol–water partition coefficient (Wildman–Crippen LogP) is 3.54. The van der Waals surface area contributed by atoms with Gasteiger partial charge in [-0.05, 0) is 25.5 Å². The summed E-state index contributed by atoms with van der Waals surface area (Å²) in [6.45, 7) is 3.61. The second-order valence-corrected chi connectivity index (χ2v) is 4.64. The standard InChI is InChI=1S/C13H13ClN2O2/c1-8-7-12(18-16-8)13(17)15-11-6-4-3-5-10(11)9(2)14/h3-7,9H,1-2H3,(H,15,17). The van der Waals surface area contributed by atoms with Gasteiger partial charge in [-0.25, -0.2) is 0 Å². The molecule has 0 aliphatic carbocycles. The van der Waals surface area contributed by atoms with Gasteiger partial charge in [-0.3, -0.25) is 4.79 Å². The third-order valence-electron chi connectivity index (χ3n) is 2.49. The van der Waals surface area contributed by atoms with E-state index in [1.165, 1.54) is 0 Å². The van der Waals surface area contributed by atoms with Gasteiger partial charge in [0, 0.05) is 11.8 Å². The molecule has 2 rings (SSSR count). The van der Waals surface area contributed by atoms with Crippen LogP contribution < -0.4 is 5.32 Å². The molecule has 0 spiro atoms. The van der Waals surface area contributed by atoms with Gasteiger partial charge in [-0.15, -0.1) is 11.6 Å². The molecule has 1 aromatic carbocycles. The topological polar surface area (TPSA) is 55.1 Å². The van der Waals surface area contributed by atoms with Crippen LogP contribution in [0.25, 0.3) is 0 Å². The molecule has 1 amide bonds. The molecule has 2 aromatic rings. The Morgan fingerprint density at radius 3 is 2.78 bits per heavy atom. The number of rotatable bonds is 3. The first kappa shape index (κ1) is 12.6. The van der Waals surface area contributed by atoms with Gasteiger partial charge in [0.25, 0.3) is 5.91 Å². The van der Waals surface area contributed by atoms with E-state index in [0.29, 0.717) is 11.4 Å². The molecule has 0 radical (unpaired) electrons. The lowest BCUT2D eigenvalue weighted by atomic mass is 10.1. The van der Waals surface area contributed by atoms with Gasteiger partial charge < -0.3 is 9.84 Å². The zero-order valence-corrected chi connectivity index (χ0v) is 10.9. The molecule has 1 atom stereocenters. The third kappa shape index (κ3) is 2.71. The Morgan fingerprint density at radius 1 is 1.44 bits per heavy atom. The second kappa shape index (κ2) is 5.23. The van der Waals surface area contributed by atoms with E-state index < -0.39 is 0 Å². The fourth-order valence-electron chi connectivity index (χ4n) is 1.61. The molecule has 0 saturated carbocycles. The SMILES string of the molecule is Cc1cc(C(=O)Nc2ccccc2C(C)Cl)on1. The minimum absolute atomic E-state index is 0.182. The average Bonchev–Trinajstić information content (AvgIpc) is 2.76. The van der Waals surface area contributed by atoms with E-state index >= 15 is 0 Å². The number of hydrogen-bond acceptors (Lipinski definition) is 3. The van der Waals surface area contributed by atoms with E-state index in [2.05, 4.69) is 10.5 Å². The summed E-state index contributed by atoms with van der Waals surface area (Å²) in [7, 11) is 0. The van der Waals surface area contributed by atoms with Crippen LogP contribution in [0.4, 0.5) is 5.69 Å². The van der Waals surface area contributed by atoms with E-state index in [0.717, 1.165) is 5.56 Å². The van der Waals surface area contributed by atoms with Crippen LogP contribution >= 0.6 is 11.6 Å². The molecule has 1 unspecified atom stereocenters. The van der Waals surface area contributed by atoms with E-state index in [9.17, 15) is 4.79 Å². The van der Waals surface area contributed by atoms with Crippen LogP contribution in [-0.2, 0) is 0 Å². The molecule has 0 aliphatic heterocycles. The minimum Gasteiger partial charge on any atom is -0.351 e. The number of carbonyl (C=O) groups is 1. The summed E-state index contributed by atoms with van der Waals surface area (Å²) in [4.78, 5) is 11.9. The van der Waals surface area contributed by atoms with Crippen molar-refractivity contribution in [1.29, 1.82) is 0 Å². The highest BCUT2D eigenvalue weighted by molar-refractivity contribution is 6.21. The number of alkyl halides is 1. The average molecular weight is 265 g/mol. The lowest BCUT2D eigenvalue weighted by molar-refractivity contribution is 0.0988.